The number of rotatable bonds is 6. The molecule has 1 aliphatic heterocycles. The molecule has 2 amide bonds. The lowest BCUT2D eigenvalue weighted by Crippen LogP contribution is -2.23. The third-order valence-corrected chi connectivity index (χ3v) is 4.32. The van der Waals surface area contributed by atoms with Crippen molar-refractivity contribution in [3.8, 4) is 17.1 Å². The third kappa shape index (κ3) is 3.57. The van der Waals surface area contributed by atoms with Gasteiger partial charge in [-0.3, -0.25) is 14.9 Å². The second-order valence-electron chi connectivity index (χ2n) is 6.28. The quantitative estimate of drug-likeness (QED) is 0.688. The predicted molar refractivity (Wildman–Crippen MR) is 104 cm³/mol. The zero-order chi connectivity index (χ0) is 19.5. The molecule has 1 atom stereocenters. The molecule has 2 N–H and O–H groups in total. The SMILES string of the molecule is CCOc1ccc(NC(=O)C[C@@H]2C(=O)Nc3nc(-c4ccccc4)nn32)cc1. The summed E-state index contributed by atoms with van der Waals surface area (Å²) in [5.74, 6) is 1.01. The standard InChI is InChI=1S/C20H19N5O3/c1-2-28-15-10-8-14(9-11-15)21-17(26)12-16-19(27)23-20-22-18(24-25(16)20)13-6-4-3-5-7-13/h3-11,16H,2,12H2,1H3,(H,21,26)(H,22,23,24,27)/t16-/m1/s1. The summed E-state index contributed by atoms with van der Waals surface area (Å²) in [4.78, 5) is 29.0. The molecule has 142 valence electrons. The molecule has 8 nitrogen and oxygen atoms in total. The minimum Gasteiger partial charge on any atom is -0.494 e. The number of carbonyl (C=O) groups excluding carboxylic acids is 2. The summed E-state index contributed by atoms with van der Waals surface area (Å²) in [6.07, 6.45) is -0.0381. The molecule has 8 heteroatoms. The van der Waals surface area contributed by atoms with Gasteiger partial charge in [-0.25, -0.2) is 4.68 Å². The van der Waals surface area contributed by atoms with E-state index in [2.05, 4.69) is 20.7 Å². The molecule has 0 unspecified atom stereocenters. The Balaban J connectivity index is 1.46. The maximum absolute atomic E-state index is 12.4. The van der Waals surface area contributed by atoms with Crippen LogP contribution in [0.15, 0.2) is 54.6 Å². The zero-order valence-electron chi connectivity index (χ0n) is 15.3. The van der Waals surface area contributed by atoms with Crippen LogP contribution in [0, 0.1) is 0 Å². The van der Waals surface area contributed by atoms with Crippen LogP contribution in [0.4, 0.5) is 11.6 Å². The van der Waals surface area contributed by atoms with Crippen molar-refractivity contribution in [2.24, 2.45) is 0 Å². The van der Waals surface area contributed by atoms with E-state index in [1.54, 1.807) is 24.3 Å². The van der Waals surface area contributed by atoms with Gasteiger partial charge in [-0.1, -0.05) is 30.3 Å². The van der Waals surface area contributed by atoms with Crippen molar-refractivity contribution in [3.63, 3.8) is 0 Å². The number of benzene rings is 2. The third-order valence-electron chi connectivity index (χ3n) is 4.32. The van der Waals surface area contributed by atoms with Crippen LogP contribution in [0.5, 0.6) is 5.75 Å². The molecule has 0 saturated carbocycles. The first-order valence-corrected chi connectivity index (χ1v) is 8.99. The molecular formula is C20H19N5O3. The van der Waals surface area contributed by atoms with Gasteiger partial charge in [0.25, 0.3) is 5.91 Å². The molecule has 0 saturated heterocycles. The first-order valence-electron chi connectivity index (χ1n) is 8.99. The lowest BCUT2D eigenvalue weighted by Gasteiger charge is -2.10. The van der Waals surface area contributed by atoms with E-state index >= 15 is 0 Å². The Bertz CT molecular complexity index is 998. The average molecular weight is 377 g/mol. The average Bonchev–Trinajstić information content (AvgIpc) is 3.23. The lowest BCUT2D eigenvalue weighted by atomic mass is 10.2. The number of hydrogen-bond acceptors (Lipinski definition) is 5. The minimum atomic E-state index is -0.734. The smallest absolute Gasteiger partial charge is 0.252 e. The second-order valence-corrected chi connectivity index (χ2v) is 6.28. The molecule has 1 aliphatic rings. The second kappa shape index (κ2) is 7.51. The summed E-state index contributed by atoms with van der Waals surface area (Å²) < 4.78 is 6.86. The highest BCUT2D eigenvalue weighted by Gasteiger charge is 2.35. The Hall–Kier alpha value is -3.68. The molecule has 28 heavy (non-hydrogen) atoms. The minimum absolute atomic E-state index is 0.0381. The van der Waals surface area contributed by atoms with Crippen LogP contribution in [0.2, 0.25) is 0 Å². The highest BCUT2D eigenvalue weighted by molar-refractivity contribution is 6.01. The van der Waals surface area contributed by atoms with E-state index in [0.717, 1.165) is 11.3 Å². The number of aromatic nitrogens is 3. The molecule has 2 heterocycles. The number of hydrogen-bond donors (Lipinski definition) is 2. The van der Waals surface area contributed by atoms with Gasteiger partial charge in [0.05, 0.1) is 13.0 Å². The van der Waals surface area contributed by atoms with Gasteiger partial charge in [-0.15, -0.1) is 5.10 Å². The van der Waals surface area contributed by atoms with Gasteiger partial charge < -0.3 is 10.1 Å². The van der Waals surface area contributed by atoms with E-state index in [9.17, 15) is 9.59 Å². The lowest BCUT2D eigenvalue weighted by molar-refractivity contribution is -0.123. The predicted octanol–water partition coefficient (Wildman–Crippen LogP) is 2.87. The van der Waals surface area contributed by atoms with Crippen molar-refractivity contribution in [1.29, 1.82) is 0 Å². The van der Waals surface area contributed by atoms with Crippen LogP contribution in [0.25, 0.3) is 11.4 Å². The fraction of sp³-hybridized carbons (Fsp3) is 0.200. The molecule has 0 fully saturated rings. The monoisotopic (exact) mass is 377 g/mol. The highest BCUT2D eigenvalue weighted by atomic mass is 16.5. The van der Waals surface area contributed by atoms with Gasteiger partial charge in [0.2, 0.25) is 11.9 Å². The van der Waals surface area contributed by atoms with Gasteiger partial charge in [0.15, 0.2) is 5.82 Å². The van der Waals surface area contributed by atoms with E-state index in [-0.39, 0.29) is 18.2 Å². The first kappa shape index (κ1) is 17.7. The van der Waals surface area contributed by atoms with E-state index in [0.29, 0.717) is 24.1 Å². The molecule has 0 radical (unpaired) electrons. The Labute approximate surface area is 161 Å². The van der Waals surface area contributed by atoms with Crippen LogP contribution in [0.1, 0.15) is 19.4 Å². The van der Waals surface area contributed by atoms with Crippen molar-refractivity contribution < 1.29 is 14.3 Å². The van der Waals surface area contributed by atoms with Crippen molar-refractivity contribution >= 4 is 23.5 Å². The van der Waals surface area contributed by atoms with Gasteiger partial charge in [-0.05, 0) is 31.2 Å². The van der Waals surface area contributed by atoms with E-state index < -0.39 is 6.04 Å². The van der Waals surface area contributed by atoms with Gasteiger partial charge in [0, 0.05) is 11.3 Å². The number of ether oxygens (including phenoxy) is 1. The normalized spacial score (nSPS) is 15.0. The Morgan fingerprint density at radius 2 is 1.93 bits per heavy atom. The van der Waals surface area contributed by atoms with Gasteiger partial charge in [0.1, 0.15) is 11.8 Å². The number of nitrogens with zero attached hydrogens (tertiary/aromatic N) is 3. The summed E-state index contributed by atoms with van der Waals surface area (Å²) in [6, 6.07) is 15.8. The van der Waals surface area contributed by atoms with Crippen LogP contribution in [-0.2, 0) is 9.59 Å². The molecule has 1 aromatic heterocycles. The van der Waals surface area contributed by atoms with Crippen LogP contribution < -0.4 is 15.4 Å². The van der Waals surface area contributed by atoms with E-state index in [4.69, 9.17) is 4.74 Å². The Kier molecular flexibility index (Phi) is 4.76. The summed E-state index contributed by atoms with van der Waals surface area (Å²) >= 11 is 0. The summed E-state index contributed by atoms with van der Waals surface area (Å²) in [7, 11) is 0. The zero-order valence-corrected chi connectivity index (χ0v) is 15.3. The number of fused-ring (bicyclic) bond motifs is 1. The topological polar surface area (TPSA) is 98.1 Å². The molecule has 0 spiro atoms. The van der Waals surface area contributed by atoms with Crippen LogP contribution >= 0.6 is 0 Å². The number of nitrogens with one attached hydrogen (secondary N) is 2. The Morgan fingerprint density at radius 1 is 1.18 bits per heavy atom. The summed E-state index contributed by atoms with van der Waals surface area (Å²) in [5.41, 5.74) is 1.48. The first-order chi connectivity index (χ1) is 13.6. The highest BCUT2D eigenvalue weighted by Crippen LogP contribution is 2.28. The number of carbonyl (C=O) groups is 2. The molecule has 4 rings (SSSR count). The summed E-state index contributed by atoms with van der Waals surface area (Å²) in [6.45, 7) is 2.48. The molecule has 2 aromatic carbocycles. The van der Waals surface area contributed by atoms with Crippen molar-refractivity contribution in [2.75, 3.05) is 17.2 Å². The van der Waals surface area contributed by atoms with Crippen molar-refractivity contribution in [2.45, 2.75) is 19.4 Å². The summed E-state index contributed by atoms with van der Waals surface area (Å²) in [5, 5.41) is 9.88. The largest absolute Gasteiger partial charge is 0.494 e. The van der Waals surface area contributed by atoms with Crippen LogP contribution in [0.3, 0.4) is 0 Å². The molecule has 0 aliphatic carbocycles. The fourth-order valence-corrected chi connectivity index (χ4v) is 3.01. The van der Waals surface area contributed by atoms with E-state index in [1.165, 1.54) is 4.68 Å². The number of amides is 2. The molecule has 0 bridgehead atoms. The molecular weight excluding hydrogens is 358 g/mol. The van der Waals surface area contributed by atoms with Crippen LogP contribution in [-0.4, -0.2) is 33.2 Å². The fourth-order valence-electron chi connectivity index (χ4n) is 3.01. The maximum atomic E-state index is 12.4. The van der Waals surface area contributed by atoms with Crippen molar-refractivity contribution in [1.82, 2.24) is 14.8 Å². The molecule has 3 aromatic rings. The van der Waals surface area contributed by atoms with Crippen molar-refractivity contribution in [3.05, 3.63) is 54.6 Å². The maximum Gasteiger partial charge on any atom is 0.252 e. The van der Waals surface area contributed by atoms with E-state index in [1.807, 2.05) is 37.3 Å². The van der Waals surface area contributed by atoms with Gasteiger partial charge in [-0.2, -0.15) is 4.98 Å². The number of anilines is 2. The Morgan fingerprint density at radius 3 is 2.64 bits per heavy atom. The van der Waals surface area contributed by atoms with Gasteiger partial charge >= 0.3 is 0 Å².